The lowest BCUT2D eigenvalue weighted by atomic mass is 10.3. The van der Waals surface area contributed by atoms with Gasteiger partial charge in [-0.25, -0.2) is 9.98 Å². The Morgan fingerprint density at radius 3 is 2.86 bits per heavy atom. The zero-order valence-corrected chi connectivity index (χ0v) is 8.75. The number of halogens is 1. The average Bonchev–Trinajstić information content (AvgIpc) is 2.94. The van der Waals surface area contributed by atoms with Crippen molar-refractivity contribution >= 4 is 23.3 Å². The Kier molecular flexibility index (Phi) is 2.42. The van der Waals surface area contributed by atoms with Crippen LogP contribution >= 0.6 is 11.6 Å². The van der Waals surface area contributed by atoms with Crippen LogP contribution in [0.15, 0.2) is 17.1 Å². The second-order valence-corrected chi connectivity index (χ2v) is 3.95. The van der Waals surface area contributed by atoms with Crippen molar-refractivity contribution in [1.82, 2.24) is 4.98 Å². The summed E-state index contributed by atoms with van der Waals surface area (Å²) in [6.07, 6.45) is 2.30. The van der Waals surface area contributed by atoms with Crippen molar-refractivity contribution in [3.05, 3.63) is 22.8 Å². The van der Waals surface area contributed by atoms with Gasteiger partial charge in [0, 0.05) is 5.92 Å². The molecule has 1 fully saturated rings. The van der Waals surface area contributed by atoms with E-state index in [0.717, 1.165) is 18.4 Å². The fourth-order valence-electron chi connectivity index (χ4n) is 1.16. The summed E-state index contributed by atoms with van der Waals surface area (Å²) in [5.41, 5.74) is 6.72. The van der Waals surface area contributed by atoms with Gasteiger partial charge in [0.2, 0.25) is 0 Å². The molecule has 0 bridgehead atoms. The first-order chi connectivity index (χ1) is 6.66. The van der Waals surface area contributed by atoms with Crippen LogP contribution in [0.3, 0.4) is 0 Å². The summed E-state index contributed by atoms with van der Waals surface area (Å²) in [6, 6.07) is 3.73. The molecular formula is C10H12ClN3. The van der Waals surface area contributed by atoms with Crippen LogP contribution in [0.25, 0.3) is 0 Å². The van der Waals surface area contributed by atoms with E-state index in [4.69, 9.17) is 17.3 Å². The van der Waals surface area contributed by atoms with E-state index in [0.29, 0.717) is 22.7 Å². The molecule has 2 rings (SSSR count). The largest absolute Gasteiger partial charge is 0.387 e. The maximum absolute atomic E-state index is 5.87. The summed E-state index contributed by atoms with van der Waals surface area (Å²) in [4.78, 5) is 8.34. The SMILES string of the molecule is Cc1ccc(N=C(N)C2CC2)nc1Cl. The summed E-state index contributed by atoms with van der Waals surface area (Å²) in [5.74, 6) is 1.75. The quantitative estimate of drug-likeness (QED) is 0.462. The van der Waals surface area contributed by atoms with Gasteiger partial charge in [-0.1, -0.05) is 17.7 Å². The predicted molar refractivity (Wildman–Crippen MR) is 58.0 cm³/mol. The molecule has 0 aromatic carbocycles. The van der Waals surface area contributed by atoms with Gasteiger partial charge in [-0.3, -0.25) is 0 Å². The number of aromatic nitrogens is 1. The fraction of sp³-hybridized carbons (Fsp3) is 0.400. The maximum atomic E-state index is 5.87. The van der Waals surface area contributed by atoms with Crippen LogP contribution in [0.5, 0.6) is 0 Å². The summed E-state index contributed by atoms with van der Waals surface area (Å²) < 4.78 is 0. The van der Waals surface area contributed by atoms with Crippen LogP contribution in [0.4, 0.5) is 5.82 Å². The van der Waals surface area contributed by atoms with Crippen LogP contribution in [0, 0.1) is 12.8 Å². The van der Waals surface area contributed by atoms with Crippen molar-refractivity contribution in [2.45, 2.75) is 19.8 Å². The Morgan fingerprint density at radius 1 is 1.57 bits per heavy atom. The van der Waals surface area contributed by atoms with Crippen LogP contribution < -0.4 is 5.73 Å². The molecule has 0 amide bonds. The van der Waals surface area contributed by atoms with Gasteiger partial charge in [0.1, 0.15) is 11.0 Å². The molecule has 1 aliphatic carbocycles. The van der Waals surface area contributed by atoms with Crippen molar-refractivity contribution in [2.75, 3.05) is 0 Å². The molecule has 0 atom stereocenters. The first-order valence-corrected chi connectivity index (χ1v) is 5.02. The third kappa shape index (κ3) is 2.04. The van der Waals surface area contributed by atoms with Crippen LogP contribution in [0.1, 0.15) is 18.4 Å². The molecule has 1 aromatic heterocycles. The number of hydrogen-bond acceptors (Lipinski definition) is 2. The number of aliphatic imine (C=N–C) groups is 1. The molecule has 0 spiro atoms. The monoisotopic (exact) mass is 209 g/mol. The van der Waals surface area contributed by atoms with E-state index in [1.165, 1.54) is 0 Å². The second kappa shape index (κ2) is 3.58. The van der Waals surface area contributed by atoms with Gasteiger partial charge in [0.25, 0.3) is 0 Å². The summed E-state index contributed by atoms with van der Waals surface area (Å²) in [5, 5.41) is 0.495. The molecule has 1 aromatic rings. The highest BCUT2D eigenvalue weighted by atomic mass is 35.5. The molecule has 2 N–H and O–H groups in total. The van der Waals surface area contributed by atoms with Crippen LogP contribution in [-0.2, 0) is 0 Å². The molecule has 0 radical (unpaired) electrons. The lowest BCUT2D eigenvalue weighted by Gasteiger charge is -1.99. The zero-order chi connectivity index (χ0) is 10.1. The van der Waals surface area contributed by atoms with E-state index < -0.39 is 0 Å². The maximum Gasteiger partial charge on any atom is 0.155 e. The topological polar surface area (TPSA) is 51.3 Å². The molecule has 1 heterocycles. The van der Waals surface area contributed by atoms with E-state index >= 15 is 0 Å². The predicted octanol–water partition coefficient (Wildman–Crippen LogP) is 2.44. The van der Waals surface area contributed by atoms with E-state index in [9.17, 15) is 0 Å². The third-order valence-electron chi connectivity index (χ3n) is 2.26. The van der Waals surface area contributed by atoms with Crippen LogP contribution in [0.2, 0.25) is 5.15 Å². The minimum Gasteiger partial charge on any atom is -0.387 e. The molecule has 0 saturated heterocycles. The van der Waals surface area contributed by atoms with Crippen molar-refractivity contribution in [2.24, 2.45) is 16.6 Å². The standard InChI is InChI=1S/C10H12ClN3/c1-6-2-5-8(13-9(6)11)14-10(12)7-3-4-7/h2,5,7H,3-4H2,1H3,(H2,12,13,14). The van der Waals surface area contributed by atoms with E-state index in [-0.39, 0.29) is 0 Å². The highest BCUT2D eigenvalue weighted by Gasteiger charge is 2.25. The minimum absolute atomic E-state index is 0.469. The lowest BCUT2D eigenvalue weighted by Crippen LogP contribution is -2.13. The normalized spacial score (nSPS) is 17.1. The fourth-order valence-corrected chi connectivity index (χ4v) is 1.31. The van der Waals surface area contributed by atoms with Crippen molar-refractivity contribution in [3.8, 4) is 0 Å². The summed E-state index contributed by atoms with van der Waals surface area (Å²) in [6.45, 7) is 1.91. The number of nitrogens with zero attached hydrogens (tertiary/aromatic N) is 2. The first-order valence-electron chi connectivity index (χ1n) is 4.64. The number of pyridine rings is 1. The highest BCUT2D eigenvalue weighted by molar-refractivity contribution is 6.30. The van der Waals surface area contributed by atoms with Crippen molar-refractivity contribution in [1.29, 1.82) is 0 Å². The van der Waals surface area contributed by atoms with Crippen molar-refractivity contribution < 1.29 is 0 Å². The molecular weight excluding hydrogens is 198 g/mol. The highest BCUT2D eigenvalue weighted by Crippen LogP contribution is 2.30. The summed E-state index contributed by atoms with van der Waals surface area (Å²) >= 11 is 5.87. The Balaban J connectivity index is 2.24. The number of aryl methyl sites for hydroxylation is 1. The minimum atomic E-state index is 0.469. The third-order valence-corrected chi connectivity index (χ3v) is 2.64. The smallest absolute Gasteiger partial charge is 0.155 e. The number of rotatable bonds is 2. The van der Waals surface area contributed by atoms with E-state index in [1.54, 1.807) is 0 Å². The Hall–Kier alpha value is -1.09. The molecule has 0 aliphatic heterocycles. The lowest BCUT2D eigenvalue weighted by molar-refractivity contribution is 1.13. The first kappa shape index (κ1) is 9.46. The number of amidine groups is 1. The zero-order valence-electron chi connectivity index (χ0n) is 8.00. The molecule has 4 heteroatoms. The van der Waals surface area contributed by atoms with Crippen molar-refractivity contribution in [3.63, 3.8) is 0 Å². The van der Waals surface area contributed by atoms with Gasteiger partial charge in [0.05, 0.1) is 0 Å². The Labute approximate surface area is 88.0 Å². The van der Waals surface area contributed by atoms with E-state index in [1.807, 2.05) is 19.1 Å². The summed E-state index contributed by atoms with van der Waals surface area (Å²) in [7, 11) is 0. The second-order valence-electron chi connectivity index (χ2n) is 3.59. The van der Waals surface area contributed by atoms with Gasteiger partial charge in [-0.2, -0.15) is 0 Å². The molecule has 14 heavy (non-hydrogen) atoms. The Morgan fingerprint density at radius 2 is 2.29 bits per heavy atom. The number of hydrogen-bond donors (Lipinski definition) is 1. The molecule has 0 unspecified atom stereocenters. The van der Waals surface area contributed by atoms with Gasteiger partial charge in [-0.15, -0.1) is 0 Å². The van der Waals surface area contributed by atoms with Gasteiger partial charge in [0.15, 0.2) is 5.82 Å². The van der Waals surface area contributed by atoms with E-state index in [2.05, 4.69) is 9.98 Å². The molecule has 3 nitrogen and oxygen atoms in total. The molecule has 1 aliphatic rings. The van der Waals surface area contributed by atoms with Gasteiger partial charge in [-0.05, 0) is 31.4 Å². The number of nitrogens with two attached hydrogens (primary N) is 1. The molecule has 74 valence electrons. The molecule has 1 saturated carbocycles. The average molecular weight is 210 g/mol. The van der Waals surface area contributed by atoms with Gasteiger partial charge >= 0.3 is 0 Å². The van der Waals surface area contributed by atoms with Crippen LogP contribution in [-0.4, -0.2) is 10.8 Å². The van der Waals surface area contributed by atoms with Gasteiger partial charge < -0.3 is 5.73 Å². The Bertz CT molecular complexity index is 383.